The summed E-state index contributed by atoms with van der Waals surface area (Å²) in [5.41, 5.74) is 4.24. The number of fused-ring (bicyclic) bond motifs is 1. The van der Waals surface area contributed by atoms with Gasteiger partial charge in [0.15, 0.2) is 0 Å². The van der Waals surface area contributed by atoms with Crippen molar-refractivity contribution >= 4 is 21.6 Å². The Balaban J connectivity index is 1.52. The van der Waals surface area contributed by atoms with E-state index in [9.17, 15) is 17.6 Å². The number of nitrogens with zero attached hydrogens (tertiary/aromatic N) is 1. The van der Waals surface area contributed by atoms with Crippen molar-refractivity contribution in [2.24, 2.45) is 0 Å². The van der Waals surface area contributed by atoms with E-state index in [1.807, 2.05) is 30.3 Å². The molecule has 0 saturated heterocycles. The third-order valence-electron chi connectivity index (χ3n) is 5.52. The van der Waals surface area contributed by atoms with Crippen molar-refractivity contribution in [1.82, 2.24) is 4.31 Å². The van der Waals surface area contributed by atoms with Crippen LogP contribution in [0.3, 0.4) is 0 Å². The molecule has 1 amide bonds. The molecule has 1 heterocycles. The molecule has 0 unspecified atom stereocenters. The fourth-order valence-electron chi connectivity index (χ4n) is 3.66. The van der Waals surface area contributed by atoms with Gasteiger partial charge in [-0.15, -0.1) is 0 Å². The topological polar surface area (TPSA) is 66.5 Å². The summed E-state index contributed by atoms with van der Waals surface area (Å²) in [4.78, 5) is 12.6. The zero-order valence-corrected chi connectivity index (χ0v) is 18.0. The SMILES string of the molecule is CCc1ccc(C(=O)Nc2ccc3c(c2)CN(S(=O)(=O)c2ccc(F)cc2)CC3)cc1. The van der Waals surface area contributed by atoms with E-state index in [0.29, 0.717) is 24.2 Å². The Morgan fingerprint density at radius 1 is 1.00 bits per heavy atom. The number of sulfonamides is 1. The molecule has 7 heteroatoms. The van der Waals surface area contributed by atoms with Gasteiger partial charge in [0, 0.05) is 24.3 Å². The minimum absolute atomic E-state index is 0.0670. The van der Waals surface area contributed by atoms with Crippen LogP contribution in [0, 0.1) is 5.82 Å². The van der Waals surface area contributed by atoms with Crippen LogP contribution in [0.1, 0.15) is 34.0 Å². The lowest BCUT2D eigenvalue weighted by atomic mass is 10.0. The van der Waals surface area contributed by atoms with Crippen LogP contribution in [-0.2, 0) is 29.4 Å². The molecule has 0 radical (unpaired) electrons. The second-order valence-corrected chi connectivity index (χ2v) is 9.47. The first-order chi connectivity index (χ1) is 14.9. The van der Waals surface area contributed by atoms with Crippen LogP contribution < -0.4 is 5.32 Å². The molecule has 0 fully saturated rings. The molecular weight excluding hydrogens is 415 g/mol. The standard InChI is InChI=1S/C24H23FN2O3S/c1-2-17-3-5-19(6-4-17)24(28)26-22-10-7-18-13-14-27(16-20(18)15-22)31(29,30)23-11-8-21(25)9-12-23/h3-12,15H,2,13-14,16H2,1H3,(H,26,28). The number of carbonyl (C=O) groups is 1. The molecule has 5 nitrogen and oxygen atoms in total. The average Bonchev–Trinajstić information content (AvgIpc) is 2.79. The number of anilines is 1. The maximum atomic E-state index is 13.2. The van der Waals surface area contributed by atoms with Gasteiger partial charge in [-0.3, -0.25) is 4.79 Å². The van der Waals surface area contributed by atoms with Crippen LogP contribution in [0.2, 0.25) is 0 Å². The first-order valence-corrected chi connectivity index (χ1v) is 11.6. The van der Waals surface area contributed by atoms with Crippen molar-refractivity contribution in [2.45, 2.75) is 31.2 Å². The number of hydrogen-bond acceptors (Lipinski definition) is 3. The van der Waals surface area contributed by atoms with Gasteiger partial charge < -0.3 is 5.32 Å². The Hall–Kier alpha value is -3.03. The van der Waals surface area contributed by atoms with Gasteiger partial charge in [-0.25, -0.2) is 12.8 Å². The molecule has 3 aromatic carbocycles. The first-order valence-electron chi connectivity index (χ1n) is 10.1. The van der Waals surface area contributed by atoms with Crippen molar-refractivity contribution in [3.05, 3.63) is 94.8 Å². The maximum absolute atomic E-state index is 13.2. The molecule has 0 aliphatic carbocycles. The summed E-state index contributed by atoms with van der Waals surface area (Å²) in [5, 5.41) is 2.89. The molecule has 160 valence electrons. The highest BCUT2D eigenvalue weighted by atomic mass is 32.2. The van der Waals surface area contributed by atoms with Gasteiger partial charge in [-0.2, -0.15) is 4.31 Å². The number of carbonyl (C=O) groups excluding carboxylic acids is 1. The third-order valence-corrected chi connectivity index (χ3v) is 7.38. The fraction of sp³-hybridized carbons (Fsp3) is 0.208. The molecule has 0 atom stereocenters. The van der Waals surface area contributed by atoms with Crippen LogP contribution in [0.25, 0.3) is 0 Å². The van der Waals surface area contributed by atoms with Crippen molar-refractivity contribution in [2.75, 3.05) is 11.9 Å². The highest BCUT2D eigenvalue weighted by molar-refractivity contribution is 7.89. The molecule has 1 aliphatic heterocycles. The van der Waals surface area contributed by atoms with E-state index >= 15 is 0 Å². The molecule has 0 bridgehead atoms. The third kappa shape index (κ3) is 4.52. The number of rotatable bonds is 5. The smallest absolute Gasteiger partial charge is 0.255 e. The molecule has 0 spiro atoms. The lowest BCUT2D eigenvalue weighted by molar-refractivity contribution is 0.102. The molecular formula is C24H23FN2O3S. The number of amides is 1. The van der Waals surface area contributed by atoms with Crippen molar-refractivity contribution in [1.29, 1.82) is 0 Å². The van der Waals surface area contributed by atoms with Crippen molar-refractivity contribution < 1.29 is 17.6 Å². The Bertz CT molecular complexity index is 1210. The highest BCUT2D eigenvalue weighted by Crippen LogP contribution is 2.27. The predicted octanol–water partition coefficient (Wildman–Crippen LogP) is 4.39. The average molecular weight is 439 g/mol. The van der Waals surface area contributed by atoms with E-state index in [1.165, 1.54) is 16.4 Å². The van der Waals surface area contributed by atoms with Gasteiger partial charge in [-0.05, 0) is 78.1 Å². The number of nitrogens with one attached hydrogen (secondary N) is 1. The number of hydrogen-bond donors (Lipinski definition) is 1. The molecule has 4 rings (SSSR count). The van der Waals surface area contributed by atoms with E-state index < -0.39 is 15.8 Å². The Morgan fingerprint density at radius 3 is 2.39 bits per heavy atom. The Labute approximate surface area is 181 Å². The Kier molecular flexibility index (Phi) is 5.89. The second kappa shape index (κ2) is 8.61. The van der Waals surface area contributed by atoms with Gasteiger partial charge >= 0.3 is 0 Å². The minimum Gasteiger partial charge on any atom is -0.322 e. The maximum Gasteiger partial charge on any atom is 0.255 e. The number of benzene rings is 3. The second-order valence-electron chi connectivity index (χ2n) is 7.53. The fourth-order valence-corrected chi connectivity index (χ4v) is 5.08. The van der Waals surface area contributed by atoms with Gasteiger partial charge in [0.1, 0.15) is 5.82 Å². The molecule has 0 saturated carbocycles. The number of halogens is 1. The summed E-state index contributed by atoms with van der Waals surface area (Å²) >= 11 is 0. The quantitative estimate of drug-likeness (QED) is 0.643. The van der Waals surface area contributed by atoms with Gasteiger partial charge in [0.05, 0.1) is 4.90 Å². The largest absolute Gasteiger partial charge is 0.322 e. The monoisotopic (exact) mass is 438 g/mol. The number of aryl methyl sites for hydroxylation is 1. The predicted molar refractivity (Wildman–Crippen MR) is 118 cm³/mol. The summed E-state index contributed by atoms with van der Waals surface area (Å²) in [5.74, 6) is -0.693. The van der Waals surface area contributed by atoms with Crippen molar-refractivity contribution in [3.8, 4) is 0 Å². The van der Waals surface area contributed by atoms with E-state index in [4.69, 9.17) is 0 Å². The van der Waals surface area contributed by atoms with E-state index in [-0.39, 0.29) is 17.3 Å². The highest BCUT2D eigenvalue weighted by Gasteiger charge is 2.28. The summed E-state index contributed by atoms with van der Waals surface area (Å²) < 4.78 is 40.5. The van der Waals surface area contributed by atoms with Crippen LogP contribution in [-0.4, -0.2) is 25.2 Å². The lowest BCUT2D eigenvalue weighted by Crippen LogP contribution is -2.36. The zero-order chi connectivity index (χ0) is 22.0. The summed E-state index contributed by atoms with van der Waals surface area (Å²) in [7, 11) is -3.73. The molecule has 31 heavy (non-hydrogen) atoms. The zero-order valence-electron chi connectivity index (χ0n) is 17.1. The van der Waals surface area contributed by atoms with E-state index in [1.54, 1.807) is 12.1 Å². The molecule has 0 aromatic heterocycles. The Morgan fingerprint density at radius 2 is 1.71 bits per heavy atom. The van der Waals surface area contributed by atoms with E-state index in [0.717, 1.165) is 35.2 Å². The van der Waals surface area contributed by atoms with Gasteiger partial charge in [0.2, 0.25) is 10.0 Å². The van der Waals surface area contributed by atoms with E-state index in [2.05, 4.69) is 12.2 Å². The first kappa shape index (κ1) is 21.2. The van der Waals surface area contributed by atoms with Crippen LogP contribution in [0.5, 0.6) is 0 Å². The molecule has 1 N–H and O–H groups in total. The lowest BCUT2D eigenvalue weighted by Gasteiger charge is -2.28. The molecule has 1 aliphatic rings. The normalized spacial score (nSPS) is 14.1. The summed E-state index contributed by atoms with van der Waals surface area (Å²) in [6.07, 6.45) is 1.48. The molecule has 3 aromatic rings. The van der Waals surface area contributed by atoms with Crippen LogP contribution >= 0.6 is 0 Å². The van der Waals surface area contributed by atoms with Gasteiger partial charge in [0.25, 0.3) is 5.91 Å². The minimum atomic E-state index is -3.73. The van der Waals surface area contributed by atoms with Gasteiger partial charge in [-0.1, -0.05) is 25.1 Å². The van der Waals surface area contributed by atoms with Crippen LogP contribution in [0.15, 0.2) is 71.6 Å². The summed E-state index contributed by atoms with van der Waals surface area (Å²) in [6.45, 7) is 2.61. The van der Waals surface area contributed by atoms with Crippen LogP contribution in [0.4, 0.5) is 10.1 Å². The van der Waals surface area contributed by atoms with Crippen molar-refractivity contribution in [3.63, 3.8) is 0 Å². The summed E-state index contributed by atoms with van der Waals surface area (Å²) in [6, 6.07) is 17.9.